The first-order valence-electron chi connectivity index (χ1n) is 8.64. The molecule has 2 aliphatic heterocycles. The van der Waals surface area contributed by atoms with Crippen molar-refractivity contribution in [1.29, 1.82) is 0 Å². The van der Waals surface area contributed by atoms with Gasteiger partial charge in [0.2, 0.25) is 6.04 Å². The van der Waals surface area contributed by atoms with Gasteiger partial charge in [0, 0.05) is 31.6 Å². The lowest BCUT2D eigenvalue weighted by molar-refractivity contribution is -0.137. The van der Waals surface area contributed by atoms with Gasteiger partial charge in [-0.25, -0.2) is 6.57 Å². The molecule has 0 spiro atoms. The van der Waals surface area contributed by atoms with E-state index < -0.39 is 11.7 Å². The molecular formula is C20H18F3N3. The predicted octanol–water partition coefficient (Wildman–Crippen LogP) is 5.11. The van der Waals surface area contributed by atoms with Crippen molar-refractivity contribution in [3.8, 4) is 0 Å². The number of fused-ring (bicyclic) bond motifs is 3. The molecule has 2 aromatic carbocycles. The van der Waals surface area contributed by atoms with Gasteiger partial charge in [-0.05, 0) is 36.4 Å². The Morgan fingerprint density at radius 3 is 2.35 bits per heavy atom. The maximum Gasteiger partial charge on any atom is 0.416 e. The number of alkyl halides is 3. The summed E-state index contributed by atoms with van der Waals surface area (Å²) in [5.41, 5.74) is 2.20. The summed E-state index contributed by atoms with van der Waals surface area (Å²) in [6.07, 6.45) is -2.69. The van der Waals surface area contributed by atoms with Crippen LogP contribution < -0.4 is 9.80 Å². The molecule has 3 nitrogen and oxygen atoms in total. The number of anilines is 3. The summed E-state index contributed by atoms with van der Waals surface area (Å²) in [6.45, 7) is 8.85. The zero-order chi connectivity index (χ0) is 18.3. The number of rotatable bonds is 1. The van der Waals surface area contributed by atoms with E-state index in [1.165, 1.54) is 12.1 Å². The van der Waals surface area contributed by atoms with Crippen molar-refractivity contribution in [2.75, 3.05) is 22.9 Å². The van der Waals surface area contributed by atoms with Crippen molar-refractivity contribution in [3.05, 3.63) is 65.5 Å². The van der Waals surface area contributed by atoms with Crippen LogP contribution in [0.3, 0.4) is 0 Å². The van der Waals surface area contributed by atoms with E-state index >= 15 is 0 Å². The molecule has 4 rings (SSSR count). The summed E-state index contributed by atoms with van der Waals surface area (Å²) in [5, 5.41) is 0. The number of piperidine rings is 1. The van der Waals surface area contributed by atoms with Gasteiger partial charge in [-0.3, -0.25) is 0 Å². The van der Waals surface area contributed by atoms with Gasteiger partial charge in [-0.2, -0.15) is 13.2 Å². The molecule has 0 amide bonds. The van der Waals surface area contributed by atoms with Crippen LogP contribution in [0.25, 0.3) is 4.85 Å². The molecule has 2 heterocycles. The van der Waals surface area contributed by atoms with Gasteiger partial charge < -0.3 is 14.6 Å². The van der Waals surface area contributed by atoms with Gasteiger partial charge in [0.25, 0.3) is 0 Å². The Morgan fingerprint density at radius 1 is 1.00 bits per heavy atom. The zero-order valence-electron chi connectivity index (χ0n) is 14.1. The monoisotopic (exact) mass is 357 g/mol. The molecule has 0 aliphatic carbocycles. The highest BCUT2D eigenvalue weighted by Gasteiger charge is 2.38. The summed E-state index contributed by atoms with van der Waals surface area (Å²) in [6, 6.07) is 13.5. The third-order valence-corrected chi connectivity index (χ3v) is 5.25. The van der Waals surface area contributed by atoms with E-state index in [1.54, 1.807) is 0 Å². The SMILES string of the molecule is [C-]#[N+]C1CCN2c3ccccc3N(c3ccc(C(F)(F)F)cc3)CC2C1. The van der Waals surface area contributed by atoms with Crippen molar-refractivity contribution < 1.29 is 13.2 Å². The van der Waals surface area contributed by atoms with Crippen LogP contribution in [0.1, 0.15) is 18.4 Å². The van der Waals surface area contributed by atoms with Gasteiger partial charge in [0.05, 0.1) is 23.0 Å². The molecule has 0 N–H and O–H groups in total. The van der Waals surface area contributed by atoms with Crippen LogP contribution in [0.5, 0.6) is 0 Å². The van der Waals surface area contributed by atoms with Crippen molar-refractivity contribution in [1.82, 2.24) is 0 Å². The minimum Gasteiger partial charge on any atom is -0.364 e. The van der Waals surface area contributed by atoms with Crippen LogP contribution in [0.4, 0.5) is 30.2 Å². The first-order valence-corrected chi connectivity index (χ1v) is 8.64. The lowest BCUT2D eigenvalue weighted by Crippen LogP contribution is -2.52. The molecule has 0 bridgehead atoms. The third-order valence-electron chi connectivity index (χ3n) is 5.25. The van der Waals surface area contributed by atoms with Crippen molar-refractivity contribution >= 4 is 17.1 Å². The molecule has 2 atom stereocenters. The fraction of sp³-hybridized carbons (Fsp3) is 0.350. The van der Waals surface area contributed by atoms with Crippen LogP contribution in [0.2, 0.25) is 0 Å². The molecule has 134 valence electrons. The first kappa shape index (κ1) is 16.8. The Kier molecular flexibility index (Phi) is 4.03. The van der Waals surface area contributed by atoms with Gasteiger partial charge in [-0.1, -0.05) is 12.1 Å². The summed E-state index contributed by atoms with van der Waals surface area (Å²) in [5.74, 6) is 0. The molecular weight excluding hydrogens is 339 g/mol. The number of halogens is 3. The van der Waals surface area contributed by atoms with Gasteiger partial charge in [0.15, 0.2) is 0 Å². The van der Waals surface area contributed by atoms with Crippen LogP contribution >= 0.6 is 0 Å². The molecule has 1 saturated heterocycles. The van der Waals surface area contributed by atoms with Crippen LogP contribution in [0, 0.1) is 6.57 Å². The Bertz CT molecular complexity index is 839. The largest absolute Gasteiger partial charge is 0.416 e. The Balaban J connectivity index is 1.71. The summed E-state index contributed by atoms with van der Waals surface area (Å²) < 4.78 is 38.6. The Morgan fingerprint density at radius 2 is 1.69 bits per heavy atom. The van der Waals surface area contributed by atoms with E-state index in [-0.39, 0.29) is 12.1 Å². The van der Waals surface area contributed by atoms with Crippen LogP contribution in [-0.4, -0.2) is 25.2 Å². The Hall–Kier alpha value is -2.68. The second-order valence-electron chi connectivity index (χ2n) is 6.80. The lowest BCUT2D eigenvalue weighted by Gasteiger charge is -2.47. The normalized spacial score (nSPS) is 22.4. The lowest BCUT2D eigenvalue weighted by atomic mass is 9.93. The quantitative estimate of drug-likeness (QED) is 0.657. The highest BCUT2D eigenvalue weighted by atomic mass is 19.4. The van der Waals surface area contributed by atoms with Gasteiger partial charge >= 0.3 is 6.18 Å². The van der Waals surface area contributed by atoms with Crippen molar-refractivity contribution in [2.24, 2.45) is 0 Å². The highest BCUT2D eigenvalue weighted by Crippen LogP contribution is 2.42. The number of para-hydroxylation sites is 2. The van der Waals surface area contributed by atoms with E-state index in [0.717, 1.165) is 48.6 Å². The molecule has 0 saturated carbocycles. The van der Waals surface area contributed by atoms with Crippen molar-refractivity contribution in [2.45, 2.75) is 31.1 Å². The zero-order valence-corrected chi connectivity index (χ0v) is 14.1. The molecule has 26 heavy (non-hydrogen) atoms. The highest BCUT2D eigenvalue weighted by molar-refractivity contribution is 5.80. The minimum atomic E-state index is -4.33. The summed E-state index contributed by atoms with van der Waals surface area (Å²) in [7, 11) is 0. The van der Waals surface area contributed by atoms with E-state index in [1.807, 2.05) is 18.2 Å². The molecule has 2 aliphatic rings. The van der Waals surface area contributed by atoms with Crippen LogP contribution in [-0.2, 0) is 6.18 Å². The number of hydrogen-bond donors (Lipinski definition) is 0. The van der Waals surface area contributed by atoms with Crippen LogP contribution in [0.15, 0.2) is 48.5 Å². The average Bonchev–Trinajstić information content (AvgIpc) is 2.66. The topological polar surface area (TPSA) is 10.8 Å². The fourth-order valence-corrected chi connectivity index (χ4v) is 3.96. The molecule has 2 unspecified atom stereocenters. The number of nitrogens with zero attached hydrogens (tertiary/aromatic N) is 3. The standard InChI is InChI=1S/C20H18F3N3/c1-24-15-10-11-25-17(12-15)13-26(19-5-3-2-4-18(19)25)16-8-6-14(7-9-16)20(21,22)23/h2-9,15,17H,10-13H2. The Labute approximate surface area is 150 Å². The number of hydrogen-bond acceptors (Lipinski definition) is 2. The average molecular weight is 357 g/mol. The van der Waals surface area contributed by atoms with Gasteiger partial charge in [0.1, 0.15) is 0 Å². The minimum absolute atomic E-state index is 0.0240. The second kappa shape index (κ2) is 6.24. The third kappa shape index (κ3) is 2.88. The summed E-state index contributed by atoms with van der Waals surface area (Å²) in [4.78, 5) is 8.13. The molecule has 0 aromatic heterocycles. The first-order chi connectivity index (χ1) is 12.5. The maximum absolute atomic E-state index is 12.9. The summed E-state index contributed by atoms with van der Waals surface area (Å²) >= 11 is 0. The maximum atomic E-state index is 12.9. The van der Waals surface area contributed by atoms with Crippen molar-refractivity contribution in [3.63, 3.8) is 0 Å². The van der Waals surface area contributed by atoms with E-state index in [9.17, 15) is 13.2 Å². The second-order valence-corrected chi connectivity index (χ2v) is 6.80. The molecule has 1 fully saturated rings. The van der Waals surface area contributed by atoms with Gasteiger partial charge in [-0.15, -0.1) is 0 Å². The van der Waals surface area contributed by atoms with E-state index in [0.29, 0.717) is 6.54 Å². The van der Waals surface area contributed by atoms with E-state index in [4.69, 9.17) is 6.57 Å². The fourth-order valence-electron chi connectivity index (χ4n) is 3.96. The molecule has 2 aromatic rings. The molecule has 0 radical (unpaired) electrons. The predicted molar refractivity (Wildman–Crippen MR) is 95.7 cm³/mol. The smallest absolute Gasteiger partial charge is 0.364 e. The molecule has 6 heteroatoms. The number of benzene rings is 2. The van der Waals surface area contributed by atoms with E-state index in [2.05, 4.69) is 20.7 Å².